The van der Waals surface area contributed by atoms with Crippen molar-refractivity contribution in [3.8, 4) is 16.9 Å². The van der Waals surface area contributed by atoms with Gasteiger partial charge in [0.2, 0.25) is 5.91 Å². The Balaban J connectivity index is 1.45. The molecule has 1 aliphatic rings. The first kappa shape index (κ1) is 27.7. The maximum Gasteiger partial charge on any atom is 0.307 e. The number of nitrogens with zero attached hydrogens (tertiary/aromatic N) is 1. The molecule has 9 heteroatoms. The van der Waals surface area contributed by atoms with Gasteiger partial charge in [0, 0.05) is 17.6 Å². The predicted molar refractivity (Wildman–Crippen MR) is 141 cm³/mol. The molecule has 1 aliphatic heterocycles. The molecule has 4 N–H and O–H groups in total. The van der Waals surface area contributed by atoms with Gasteiger partial charge in [0.25, 0.3) is 5.91 Å². The van der Waals surface area contributed by atoms with E-state index in [1.807, 2.05) is 64.1 Å². The Morgan fingerprint density at radius 2 is 1.59 bits per heavy atom. The highest BCUT2D eigenvalue weighted by Gasteiger charge is 2.34. The fraction of sp³-hybridized carbons (Fsp3) is 0.429. The van der Waals surface area contributed by atoms with E-state index in [1.165, 1.54) is 0 Å². The molecule has 0 unspecified atom stereocenters. The van der Waals surface area contributed by atoms with Gasteiger partial charge in [0.15, 0.2) is 6.61 Å². The standard InChI is InChI=1S/C28H36N4O5/c1-17(2)32(18(3)4)25(33)16-37-26(34)14-22-13-23(31-28(22)35)15-36-24-11-9-20(10-12-24)19-5-7-21(8-6-19)27(29)30/h5-12,17-18,22-23H,13-16H2,1-4H3,(H3,29,30)(H,31,35)/t22-,23-/m0/s1. The van der Waals surface area contributed by atoms with E-state index in [2.05, 4.69) is 5.32 Å². The van der Waals surface area contributed by atoms with Gasteiger partial charge in [0.05, 0.1) is 18.4 Å². The number of ether oxygens (including phenoxy) is 2. The molecule has 37 heavy (non-hydrogen) atoms. The van der Waals surface area contributed by atoms with Crippen molar-refractivity contribution < 1.29 is 23.9 Å². The van der Waals surface area contributed by atoms with Crippen molar-refractivity contribution in [1.82, 2.24) is 10.2 Å². The van der Waals surface area contributed by atoms with Crippen molar-refractivity contribution in [2.45, 2.75) is 58.7 Å². The highest BCUT2D eigenvalue weighted by molar-refractivity contribution is 5.95. The Morgan fingerprint density at radius 1 is 1.03 bits per heavy atom. The predicted octanol–water partition coefficient (Wildman–Crippen LogP) is 3.10. The van der Waals surface area contributed by atoms with E-state index in [1.54, 1.807) is 17.0 Å². The SMILES string of the molecule is CC(C)N(C(=O)COC(=O)C[C@@H]1C[C@@H](COc2ccc(-c3ccc(C(=N)N)cc3)cc2)NC1=O)C(C)C. The molecule has 3 rings (SSSR count). The van der Waals surface area contributed by atoms with Crippen LogP contribution in [0.25, 0.3) is 11.1 Å². The molecule has 0 aliphatic carbocycles. The topological polar surface area (TPSA) is 135 Å². The first-order valence-electron chi connectivity index (χ1n) is 12.5. The first-order chi connectivity index (χ1) is 17.5. The number of amides is 2. The number of hydrogen-bond donors (Lipinski definition) is 3. The fourth-order valence-corrected chi connectivity index (χ4v) is 4.55. The number of benzene rings is 2. The van der Waals surface area contributed by atoms with E-state index in [4.69, 9.17) is 20.6 Å². The minimum absolute atomic E-state index is 0.00284. The summed E-state index contributed by atoms with van der Waals surface area (Å²) in [5, 5.41) is 10.4. The third-order valence-corrected chi connectivity index (χ3v) is 6.29. The van der Waals surface area contributed by atoms with Gasteiger partial charge in [-0.1, -0.05) is 36.4 Å². The van der Waals surface area contributed by atoms with Crippen LogP contribution in [-0.4, -0.2) is 59.9 Å². The summed E-state index contributed by atoms with van der Waals surface area (Å²) in [6, 6.07) is 14.8. The molecule has 0 aromatic heterocycles. The van der Waals surface area contributed by atoms with Crippen molar-refractivity contribution in [3.63, 3.8) is 0 Å². The Bertz CT molecular complexity index is 1100. The Morgan fingerprint density at radius 3 is 2.14 bits per heavy atom. The molecule has 1 saturated heterocycles. The Kier molecular flexibility index (Phi) is 9.27. The third kappa shape index (κ3) is 7.55. The number of nitrogens with two attached hydrogens (primary N) is 1. The lowest BCUT2D eigenvalue weighted by atomic mass is 10.0. The molecule has 198 valence electrons. The summed E-state index contributed by atoms with van der Waals surface area (Å²) < 4.78 is 11.0. The molecule has 1 fully saturated rings. The summed E-state index contributed by atoms with van der Waals surface area (Å²) in [4.78, 5) is 38.7. The fourth-order valence-electron chi connectivity index (χ4n) is 4.55. The van der Waals surface area contributed by atoms with E-state index in [0.717, 1.165) is 11.1 Å². The summed E-state index contributed by atoms with van der Waals surface area (Å²) in [5.74, 6) is -0.841. The van der Waals surface area contributed by atoms with Crippen LogP contribution >= 0.6 is 0 Å². The van der Waals surface area contributed by atoms with Crippen LogP contribution in [0.15, 0.2) is 48.5 Å². The molecule has 0 radical (unpaired) electrons. The largest absolute Gasteiger partial charge is 0.491 e. The molecule has 9 nitrogen and oxygen atoms in total. The lowest BCUT2D eigenvalue weighted by Gasteiger charge is -2.30. The zero-order chi connectivity index (χ0) is 27.1. The highest BCUT2D eigenvalue weighted by atomic mass is 16.5. The summed E-state index contributed by atoms with van der Waals surface area (Å²) in [6.07, 6.45) is 0.378. The van der Waals surface area contributed by atoms with Gasteiger partial charge < -0.3 is 25.4 Å². The van der Waals surface area contributed by atoms with Crippen molar-refractivity contribution >= 4 is 23.6 Å². The summed E-state index contributed by atoms with van der Waals surface area (Å²) >= 11 is 0. The number of esters is 1. The number of nitrogens with one attached hydrogen (secondary N) is 2. The second-order valence-electron chi connectivity index (χ2n) is 9.82. The Hall–Kier alpha value is -3.88. The molecule has 0 saturated carbocycles. The molecule has 2 atom stereocenters. The molecule has 2 aromatic carbocycles. The number of amidine groups is 1. The van der Waals surface area contributed by atoms with Gasteiger partial charge in [-0.05, 0) is 57.4 Å². The van der Waals surface area contributed by atoms with E-state index in [9.17, 15) is 14.4 Å². The molecule has 2 amide bonds. The van der Waals surface area contributed by atoms with Crippen LogP contribution in [0.2, 0.25) is 0 Å². The van der Waals surface area contributed by atoms with Gasteiger partial charge in [-0.3, -0.25) is 19.8 Å². The minimum atomic E-state index is -0.561. The van der Waals surface area contributed by atoms with Crippen LogP contribution in [0.3, 0.4) is 0 Å². The number of rotatable bonds is 11. The van der Waals surface area contributed by atoms with E-state index < -0.39 is 11.9 Å². The molecule has 2 aromatic rings. The first-order valence-corrected chi connectivity index (χ1v) is 12.5. The van der Waals surface area contributed by atoms with E-state index in [0.29, 0.717) is 17.7 Å². The van der Waals surface area contributed by atoms with E-state index in [-0.39, 0.29) is 55.4 Å². The maximum atomic E-state index is 12.4. The molecule has 0 bridgehead atoms. The van der Waals surface area contributed by atoms with Crippen LogP contribution in [0, 0.1) is 11.3 Å². The molecular formula is C28H36N4O5. The molecule has 0 spiro atoms. The van der Waals surface area contributed by atoms with Crippen LogP contribution in [0.5, 0.6) is 5.75 Å². The van der Waals surface area contributed by atoms with Crippen molar-refractivity contribution in [3.05, 3.63) is 54.1 Å². The quantitative estimate of drug-likeness (QED) is 0.243. The van der Waals surface area contributed by atoms with E-state index >= 15 is 0 Å². The Labute approximate surface area is 217 Å². The second kappa shape index (κ2) is 12.4. The molecule has 1 heterocycles. The van der Waals surface area contributed by atoms with Crippen molar-refractivity contribution in [2.75, 3.05) is 13.2 Å². The lowest BCUT2D eigenvalue weighted by Crippen LogP contribution is -2.44. The number of nitrogen functional groups attached to an aromatic ring is 1. The van der Waals surface area contributed by atoms with Gasteiger partial charge in [0.1, 0.15) is 18.2 Å². The number of carbonyl (C=O) groups is 3. The third-order valence-electron chi connectivity index (χ3n) is 6.29. The zero-order valence-electron chi connectivity index (χ0n) is 21.8. The monoisotopic (exact) mass is 508 g/mol. The van der Waals surface area contributed by atoms with Gasteiger partial charge in [-0.2, -0.15) is 0 Å². The summed E-state index contributed by atoms with van der Waals surface area (Å²) in [7, 11) is 0. The smallest absolute Gasteiger partial charge is 0.307 e. The average molecular weight is 509 g/mol. The van der Waals surface area contributed by atoms with Gasteiger partial charge >= 0.3 is 5.97 Å². The minimum Gasteiger partial charge on any atom is -0.491 e. The molecular weight excluding hydrogens is 472 g/mol. The lowest BCUT2D eigenvalue weighted by molar-refractivity contribution is -0.154. The van der Waals surface area contributed by atoms with Gasteiger partial charge in [-0.15, -0.1) is 0 Å². The van der Waals surface area contributed by atoms with Crippen molar-refractivity contribution in [1.29, 1.82) is 5.41 Å². The van der Waals surface area contributed by atoms with Crippen LogP contribution in [0.1, 0.15) is 46.1 Å². The number of carbonyl (C=O) groups excluding carboxylic acids is 3. The zero-order valence-corrected chi connectivity index (χ0v) is 21.8. The summed E-state index contributed by atoms with van der Waals surface area (Å²) in [5.41, 5.74) is 8.17. The van der Waals surface area contributed by atoms with Crippen LogP contribution in [-0.2, 0) is 19.1 Å². The average Bonchev–Trinajstić information content (AvgIpc) is 3.20. The van der Waals surface area contributed by atoms with Crippen LogP contribution < -0.4 is 15.8 Å². The normalized spacial score (nSPS) is 17.0. The second-order valence-corrected chi connectivity index (χ2v) is 9.82. The van der Waals surface area contributed by atoms with Gasteiger partial charge in [-0.25, -0.2) is 0 Å². The summed E-state index contributed by atoms with van der Waals surface area (Å²) in [6.45, 7) is 7.60. The number of hydrogen-bond acceptors (Lipinski definition) is 6. The van der Waals surface area contributed by atoms with Crippen LogP contribution in [0.4, 0.5) is 0 Å². The highest BCUT2D eigenvalue weighted by Crippen LogP contribution is 2.24. The maximum absolute atomic E-state index is 12.4. The van der Waals surface area contributed by atoms with Crippen molar-refractivity contribution in [2.24, 2.45) is 11.7 Å².